The zero-order valence-corrected chi connectivity index (χ0v) is 54.0. The summed E-state index contributed by atoms with van der Waals surface area (Å²) >= 11 is 6.13. The molecule has 3 aliphatic heterocycles. The molecule has 0 spiro atoms. The number of aliphatic hydroxyl groups is 1. The van der Waals surface area contributed by atoms with Crippen molar-refractivity contribution in [2.24, 2.45) is 15.0 Å². The number of urea groups is 1. The maximum Gasteiger partial charge on any atom is 0.409 e. The number of nitrogens with zero attached hydrogens (tertiary/aromatic N) is 13. The lowest BCUT2D eigenvalue weighted by atomic mass is 9.98. The first-order chi connectivity index (χ1) is 47.3. The third-order valence-corrected chi connectivity index (χ3v) is 15.9. The standard InChI is InChI=1S/C27H24N6O3.C25H21ClN6O2.C20H19N5O2/c1-3-36-26(34)19-13-15-20(16-14-19)28-27(35)30-24-25-32-31-17(2)33(25)22-12-8-7-11-21(22)23(29-24)18-9-5-4-6-10-18;1-15-30-31-25-20(13-23(34)29-22-4-2-3-11-27-22)28-24(17-6-8-18(26)9-7-17)19-12-16(14-33)5-10-21(19)32(15)25;1-3-27-20(26)22-18-19-24-23-13(2)25(19)16-12-8-7-11-15(16)17(21-18)14-9-5-4-6-10-14/h4-16,24H,3H2,1-2H3,(H2,28,30,35);2-12,20,33H,13-14H2,1H3,(H,27,29,34);4-12,18H,3H2,1-2H3,(H,22,26)/t;20-;/m.0./s1. The normalized spacial score (nSPS) is 14.5. The number of fused-ring (bicyclic) bond motifs is 9. The number of aliphatic imine (C=N–C) groups is 3. The second-order valence-electron chi connectivity index (χ2n) is 22.1. The number of halogens is 1. The zero-order valence-electron chi connectivity index (χ0n) is 53.2. The van der Waals surface area contributed by atoms with Crippen LogP contribution in [0.5, 0.6) is 0 Å². The number of anilines is 2. The zero-order chi connectivity index (χ0) is 67.5. The molecule has 7 aromatic carbocycles. The molecule has 7 heterocycles. The van der Waals surface area contributed by atoms with Crippen molar-refractivity contribution in [1.29, 1.82) is 0 Å². The molecule has 0 aliphatic carbocycles. The summed E-state index contributed by atoms with van der Waals surface area (Å²) in [6, 6.07) is 59.3. The van der Waals surface area contributed by atoms with Gasteiger partial charge < -0.3 is 30.5 Å². The van der Waals surface area contributed by atoms with Gasteiger partial charge in [0, 0.05) is 50.3 Å². The predicted molar refractivity (Wildman–Crippen MR) is 366 cm³/mol. The first kappa shape index (κ1) is 64.9. The van der Waals surface area contributed by atoms with Crippen molar-refractivity contribution in [3.63, 3.8) is 0 Å². The molecule has 3 atom stereocenters. The average molecular weight is 1310 g/mol. The molecular weight excluding hydrogens is 1250 g/mol. The van der Waals surface area contributed by atoms with Crippen LogP contribution in [-0.4, -0.2) is 109 Å². The van der Waals surface area contributed by atoms with Crippen LogP contribution in [0.4, 0.5) is 21.1 Å². The Morgan fingerprint density at radius 2 is 1.01 bits per heavy atom. The molecule has 5 N–H and O–H groups in total. The fourth-order valence-electron chi connectivity index (χ4n) is 11.3. The molecule has 97 heavy (non-hydrogen) atoms. The summed E-state index contributed by atoms with van der Waals surface area (Å²) in [6.45, 7) is 9.57. The SMILES string of the molecule is CCOC(=O)NC1N=C(c2ccccc2)c2ccccc2-n2c(C)nnc21.CCOC(=O)c1ccc(NC(=O)NC2N=C(c3ccccc3)c3ccccc3-n3c(C)nnc32)cc1.Cc1nnc2n1-c1ccc(CO)cc1C(c1ccc(Cl)cc1)=N[C@H]2CC(=O)Nc1ccccn1. The first-order valence-electron chi connectivity index (χ1n) is 31.1. The molecule has 0 bridgehead atoms. The maximum absolute atomic E-state index is 13.0. The number of nitrogens with one attached hydrogen (secondary N) is 4. The third-order valence-electron chi connectivity index (χ3n) is 15.7. The number of ether oxygens (including phenoxy) is 2. The van der Waals surface area contributed by atoms with Gasteiger partial charge in [-0.2, -0.15) is 0 Å². The quantitative estimate of drug-likeness (QED) is 0.0671. The van der Waals surface area contributed by atoms with Crippen molar-refractivity contribution in [2.75, 3.05) is 23.8 Å². The van der Waals surface area contributed by atoms with Crippen LogP contribution in [-0.2, 0) is 20.9 Å². The Hall–Kier alpha value is -12.2. The van der Waals surface area contributed by atoms with E-state index < -0.39 is 36.5 Å². The van der Waals surface area contributed by atoms with Crippen LogP contribution in [0.25, 0.3) is 17.1 Å². The van der Waals surface area contributed by atoms with E-state index in [2.05, 4.69) is 56.8 Å². The third kappa shape index (κ3) is 14.4. The van der Waals surface area contributed by atoms with E-state index in [1.807, 2.05) is 174 Å². The lowest BCUT2D eigenvalue weighted by Crippen LogP contribution is -2.33. The van der Waals surface area contributed by atoms with Crippen LogP contribution < -0.4 is 21.3 Å². The number of benzene rings is 7. The van der Waals surface area contributed by atoms with Crippen LogP contribution in [0.3, 0.4) is 0 Å². The number of esters is 1. The number of rotatable bonds is 13. The number of pyridine rings is 1. The van der Waals surface area contributed by atoms with Crippen molar-refractivity contribution < 1.29 is 33.8 Å². The highest BCUT2D eigenvalue weighted by Crippen LogP contribution is 2.36. The molecule has 0 saturated carbocycles. The van der Waals surface area contributed by atoms with E-state index in [9.17, 15) is 24.3 Å². The minimum atomic E-state index is -0.799. The van der Waals surface area contributed by atoms with Gasteiger partial charge in [0.05, 0.1) is 66.0 Å². The summed E-state index contributed by atoms with van der Waals surface area (Å²) in [5, 5.41) is 47.4. The molecule has 14 rings (SSSR count). The lowest BCUT2D eigenvalue weighted by Gasteiger charge is -2.15. The molecule has 2 unspecified atom stereocenters. The van der Waals surface area contributed by atoms with Gasteiger partial charge in [-0.25, -0.2) is 19.4 Å². The number of aryl methyl sites for hydroxylation is 3. The second kappa shape index (κ2) is 29.4. The fourth-order valence-corrected chi connectivity index (χ4v) is 11.4. The number of amides is 4. The van der Waals surface area contributed by atoms with Gasteiger partial charge in [-0.3, -0.25) is 38.8 Å². The maximum atomic E-state index is 13.0. The number of hydrogen-bond acceptors (Lipinski definition) is 17. The van der Waals surface area contributed by atoms with Gasteiger partial charge in [0.2, 0.25) is 5.91 Å². The molecule has 0 saturated heterocycles. The van der Waals surface area contributed by atoms with Gasteiger partial charge in [0.25, 0.3) is 0 Å². The van der Waals surface area contributed by atoms with Crippen molar-refractivity contribution in [3.05, 3.63) is 285 Å². The summed E-state index contributed by atoms with van der Waals surface area (Å²) in [6.07, 6.45) is -0.391. The molecular formula is C72H64ClN17O7. The van der Waals surface area contributed by atoms with E-state index in [0.29, 0.717) is 63.5 Å². The Balaban J connectivity index is 0.000000140. The Bertz CT molecular complexity index is 4790. The molecule has 11 aromatic rings. The molecule has 3 aliphatic rings. The lowest BCUT2D eigenvalue weighted by molar-refractivity contribution is -0.116. The van der Waals surface area contributed by atoms with Crippen LogP contribution in [0.1, 0.15) is 123 Å². The number of aliphatic hydroxyl groups excluding tert-OH is 1. The van der Waals surface area contributed by atoms with E-state index in [0.717, 1.165) is 73.3 Å². The predicted octanol–water partition coefficient (Wildman–Crippen LogP) is 11.6. The molecule has 0 radical (unpaired) electrons. The Morgan fingerprint density at radius 3 is 1.57 bits per heavy atom. The van der Waals surface area contributed by atoms with Gasteiger partial charge in [-0.1, -0.05) is 133 Å². The summed E-state index contributed by atoms with van der Waals surface area (Å²) in [5.41, 5.74) is 11.9. The largest absolute Gasteiger partial charge is 0.462 e. The molecule has 25 heteroatoms. The highest BCUT2D eigenvalue weighted by molar-refractivity contribution is 6.30. The smallest absolute Gasteiger partial charge is 0.409 e. The molecule has 24 nitrogen and oxygen atoms in total. The van der Waals surface area contributed by atoms with Crippen molar-refractivity contribution >= 4 is 64.2 Å². The van der Waals surface area contributed by atoms with Gasteiger partial charge >= 0.3 is 18.1 Å². The monoisotopic (exact) mass is 1310 g/mol. The van der Waals surface area contributed by atoms with Crippen molar-refractivity contribution in [1.82, 2.24) is 59.9 Å². The topological polar surface area (TPSA) is 297 Å². The summed E-state index contributed by atoms with van der Waals surface area (Å²) in [7, 11) is 0. The molecule has 486 valence electrons. The molecule has 4 amide bonds. The van der Waals surface area contributed by atoms with Crippen LogP contribution in [0.15, 0.2) is 215 Å². The van der Waals surface area contributed by atoms with Gasteiger partial charge in [0.1, 0.15) is 29.3 Å². The van der Waals surface area contributed by atoms with E-state index >= 15 is 0 Å². The van der Waals surface area contributed by atoms with Gasteiger partial charge in [-0.05, 0) is 113 Å². The first-order valence-corrected chi connectivity index (χ1v) is 31.4. The second-order valence-corrected chi connectivity index (χ2v) is 22.5. The summed E-state index contributed by atoms with van der Waals surface area (Å²) < 4.78 is 15.8. The number of carbonyl (C=O) groups is 4. The van der Waals surface area contributed by atoms with Crippen molar-refractivity contribution in [3.8, 4) is 17.1 Å². The average Bonchev–Trinajstić information content (AvgIpc) is 1.64. The van der Waals surface area contributed by atoms with Crippen LogP contribution >= 0.6 is 11.6 Å². The Kier molecular flexibility index (Phi) is 19.7. The molecule has 4 aromatic heterocycles. The van der Waals surface area contributed by atoms with Crippen LogP contribution in [0, 0.1) is 20.8 Å². The van der Waals surface area contributed by atoms with Crippen molar-refractivity contribution in [2.45, 2.75) is 66.0 Å². The number of hydrogen-bond donors (Lipinski definition) is 5. The highest BCUT2D eigenvalue weighted by atomic mass is 35.5. The van der Waals surface area contributed by atoms with Crippen LogP contribution in [0.2, 0.25) is 5.02 Å². The number of para-hydroxylation sites is 2. The van der Waals surface area contributed by atoms with E-state index in [4.69, 9.17) is 36.1 Å². The van der Waals surface area contributed by atoms with E-state index in [1.54, 1.807) is 74.6 Å². The molecule has 0 fully saturated rings. The van der Waals surface area contributed by atoms with Gasteiger partial charge in [-0.15, -0.1) is 30.6 Å². The van der Waals surface area contributed by atoms with E-state index in [-0.39, 0.29) is 25.5 Å². The summed E-state index contributed by atoms with van der Waals surface area (Å²) in [5.74, 6) is 3.50. The minimum Gasteiger partial charge on any atom is -0.462 e. The number of alkyl carbamates (subject to hydrolysis) is 1. The fraction of sp³-hybridized carbons (Fsp3) is 0.167. The minimum absolute atomic E-state index is 0.0483. The van der Waals surface area contributed by atoms with Gasteiger partial charge in [0.15, 0.2) is 29.8 Å². The number of carbonyl (C=O) groups excluding carboxylic acids is 4. The summed E-state index contributed by atoms with van der Waals surface area (Å²) in [4.78, 5) is 68.9. The Morgan fingerprint density at radius 1 is 0.505 bits per heavy atom. The van der Waals surface area contributed by atoms with E-state index in [1.165, 1.54) is 0 Å². The Labute approximate surface area is 561 Å². The number of aromatic nitrogens is 10. The highest BCUT2D eigenvalue weighted by Gasteiger charge is 2.33.